The molecule has 248 valence electrons. The van der Waals surface area contributed by atoms with Crippen molar-refractivity contribution in [1.82, 2.24) is 0 Å². The molecule has 4 atom stereocenters. The van der Waals surface area contributed by atoms with Gasteiger partial charge >= 0.3 is 19.5 Å². The maximum Gasteiger partial charge on any atom is 2.00 e. The third-order valence-electron chi connectivity index (χ3n) is 6.35. The van der Waals surface area contributed by atoms with Crippen LogP contribution in [0.4, 0.5) is 0 Å². The number of unbranched alkanes of at least 4 members (excludes halogenated alkanes) is 4. The van der Waals surface area contributed by atoms with Crippen LogP contribution in [0.2, 0.25) is 0 Å². The van der Waals surface area contributed by atoms with E-state index in [0.717, 1.165) is 103 Å². The van der Waals surface area contributed by atoms with Crippen molar-refractivity contribution in [2.24, 2.45) is 0 Å². The quantitative estimate of drug-likeness (QED) is 0.0337. The predicted molar refractivity (Wildman–Crippen MR) is 200 cm³/mol. The standard InChI is InChI=1S/2C16H31O2PS2.Zn/c2*1-5-9-13-15(11-7-3)17-19(20,21)18-16(12-8-4)14-10-6-2;/h2*7-8,15-16H,3-6,9-14H2,1-2H3,(H,20,21);/q;;+2/p-2. The second-order valence-corrected chi connectivity index (χ2v) is 20.3. The van der Waals surface area contributed by atoms with Gasteiger partial charge in [-0.05, 0) is 51.4 Å². The molecule has 0 aromatic rings. The molecule has 4 nitrogen and oxygen atoms in total. The van der Waals surface area contributed by atoms with E-state index in [4.69, 9.17) is 66.2 Å². The molecule has 0 spiro atoms. The SMILES string of the molecule is C=CCC(CCCC)OP(=S)([S-])OC(CC=C)CCCC.C=CCC(CCCC)OP(=S)([S-])OC(CC=C)CCCC.[Zn+2]. The minimum absolute atomic E-state index is 0. The van der Waals surface area contributed by atoms with Gasteiger partial charge in [-0.3, -0.25) is 0 Å². The summed E-state index contributed by atoms with van der Waals surface area (Å²) in [6, 6.07) is 0. The van der Waals surface area contributed by atoms with Crippen molar-refractivity contribution in [1.29, 1.82) is 0 Å². The molecule has 0 rings (SSSR count). The van der Waals surface area contributed by atoms with E-state index in [0.29, 0.717) is 0 Å². The monoisotopic (exact) mass is 762 g/mol. The van der Waals surface area contributed by atoms with Gasteiger partial charge in [-0.2, -0.15) is 0 Å². The number of rotatable bonds is 28. The van der Waals surface area contributed by atoms with E-state index in [2.05, 4.69) is 54.0 Å². The molecule has 11 heteroatoms. The maximum absolute atomic E-state index is 5.95. The first kappa shape index (κ1) is 48.8. The fourth-order valence-electron chi connectivity index (χ4n) is 4.11. The molecule has 0 saturated heterocycles. The summed E-state index contributed by atoms with van der Waals surface area (Å²) in [6.07, 6.45) is 23.5. The zero-order valence-electron chi connectivity index (χ0n) is 27.6. The first-order chi connectivity index (χ1) is 20.0. The van der Waals surface area contributed by atoms with Gasteiger partial charge in [0.15, 0.2) is 0 Å². The van der Waals surface area contributed by atoms with E-state index in [-0.39, 0.29) is 43.9 Å². The van der Waals surface area contributed by atoms with E-state index >= 15 is 0 Å². The number of hydrogen-bond donors (Lipinski definition) is 0. The molecule has 0 heterocycles. The Balaban J connectivity index is -0.000000727. The Morgan fingerprint density at radius 2 is 0.698 bits per heavy atom. The molecule has 0 bridgehead atoms. The Morgan fingerprint density at radius 3 is 0.837 bits per heavy atom. The van der Waals surface area contributed by atoms with Crippen LogP contribution in [0.15, 0.2) is 50.6 Å². The van der Waals surface area contributed by atoms with Gasteiger partial charge in [-0.1, -0.05) is 127 Å². The summed E-state index contributed by atoms with van der Waals surface area (Å²) >= 11 is 21.8. The van der Waals surface area contributed by atoms with Crippen LogP contribution < -0.4 is 0 Å². The molecule has 0 aromatic carbocycles. The van der Waals surface area contributed by atoms with Crippen LogP contribution in [0.1, 0.15) is 130 Å². The zero-order chi connectivity index (χ0) is 32.3. The predicted octanol–water partition coefficient (Wildman–Crippen LogP) is 12.1. The molecule has 43 heavy (non-hydrogen) atoms. The molecule has 0 radical (unpaired) electrons. The second kappa shape index (κ2) is 32.0. The summed E-state index contributed by atoms with van der Waals surface area (Å²) < 4.78 is 23.8. The van der Waals surface area contributed by atoms with Crippen LogP contribution in [0.3, 0.4) is 0 Å². The number of hydrogen-bond acceptors (Lipinski definition) is 8. The van der Waals surface area contributed by atoms with Crippen LogP contribution in [0.5, 0.6) is 0 Å². The fraction of sp³-hybridized carbons (Fsp3) is 0.750. The third-order valence-corrected chi connectivity index (χ3v) is 10.6. The van der Waals surface area contributed by atoms with Crippen LogP contribution in [0, 0.1) is 0 Å². The summed E-state index contributed by atoms with van der Waals surface area (Å²) in [5.74, 6) is 0. The Morgan fingerprint density at radius 1 is 0.512 bits per heavy atom. The normalized spacial score (nSPS) is 16.5. The molecular weight excluding hydrogens is 704 g/mol. The van der Waals surface area contributed by atoms with E-state index in [1.165, 1.54) is 0 Å². The van der Waals surface area contributed by atoms with Crippen molar-refractivity contribution >= 4 is 59.5 Å². The first-order valence-electron chi connectivity index (χ1n) is 15.8. The smallest absolute Gasteiger partial charge is 0.691 e. The third kappa shape index (κ3) is 30.5. The van der Waals surface area contributed by atoms with Gasteiger partial charge in [0, 0.05) is 0 Å². The molecule has 4 unspecified atom stereocenters. The topological polar surface area (TPSA) is 36.9 Å². The molecule has 0 fully saturated rings. The Labute approximate surface area is 300 Å². The van der Waals surface area contributed by atoms with E-state index < -0.39 is 11.4 Å². The van der Waals surface area contributed by atoms with Gasteiger partial charge in [0.1, 0.15) is 0 Å². The molecule has 0 amide bonds. The molecule has 0 saturated carbocycles. The summed E-state index contributed by atoms with van der Waals surface area (Å²) in [4.78, 5) is 0. The summed E-state index contributed by atoms with van der Waals surface area (Å²) in [5.41, 5.74) is -5.25. The van der Waals surface area contributed by atoms with Gasteiger partial charge in [0.2, 0.25) is 0 Å². The Bertz CT molecular complexity index is 683. The zero-order valence-corrected chi connectivity index (χ0v) is 35.7. The van der Waals surface area contributed by atoms with E-state index in [9.17, 15) is 0 Å². The van der Waals surface area contributed by atoms with Crippen LogP contribution >= 0.6 is 11.4 Å². The van der Waals surface area contributed by atoms with E-state index in [1.807, 2.05) is 24.3 Å². The molecule has 0 aliphatic rings. The molecule has 0 aliphatic heterocycles. The van der Waals surface area contributed by atoms with Crippen molar-refractivity contribution < 1.29 is 37.6 Å². The Hall–Kier alpha value is 1.42. The first-order valence-corrected chi connectivity index (χ1v) is 23.1. The maximum atomic E-state index is 5.95. The summed E-state index contributed by atoms with van der Waals surface area (Å²) in [6.45, 7) is 23.8. The van der Waals surface area contributed by atoms with Crippen molar-refractivity contribution in [3.63, 3.8) is 0 Å². The minimum Gasteiger partial charge on any atom is -0.691 e. The van der Waals surface area contributed by atoms with Gasteiger partial charge in [-0.15, -0.1) is 26.3 Å². The summed E-state index contributed by atoms with van der Waals surface area (Å²) in [7, 11) is 0. The van der Waals surface area contributed by atoms with Crippen LogP contribution in [0.25, 0.3) is 0 Å². The van der Waals surface area contributed by atoms with Gasteiger partial charge < -0.3 is 42.6 Å². The van der Waals surface area contributed by atoms with Crippen molar-refractivity contribution in [2.75, 3.05) is 0 Å². The molecule has 0 N–H and O–H groups in total. The molecule has 0 aliphatic carbocycles. The van der Waals surface area contributed by atoms with Crippen molar-refractivity contribution in [3.8, 4) is 0 Å². The van der Waals surface area contributed by atoms with Crippen molar-refractivity contribution in [2.45, 2.75) is 155 Å². The van der Waals surface area contributed by atoms with Crippen LogP contribution in [-0.4, -0.2) is 24.4 Å². The van der Waals surface area contributed by atoms with Crippen LogP contribution in [-0.2, 0) is 85.7 Å². The summed E-state index contributed by atoms with van der Waals surface area (Å²) in [5, 5.41) is 0. The molecular formula is C32H60O4P2S4Zn. The van der Waals surface area contributed by atoms with Gasteiger partial charge in [0.25, 0.3) is 0 Å². The molecule has 0 aromatic heterocycles. The Kier molecular flexibility index (Phi) is 36.3. The average Bonchev–Trinajstić information content (AvgIpc) is 2.92. The largest absolute Gasteiger partial charge is 2.00 e. The van der Waals surface area contributed by atoms with Gasteiger partial charge in [0.05, 0.1) is 35.8 Å². The van der Waals surface area contributed by atoms with E-state index in [1.54, 1.807) is 0 Å². The fourth-order valence-corrected chi connectivity index (χ4v) is 9.35. The average molecular weight is 764 g/mol. The van der Waals surface area contributed by atoms with Gasteiger partial charge in [-0.25, -0.2) is 0 Å². The van der Waals surface area contributed by atoms with Crippen molar-refractivity contribution in [3.05, 3.63) is 50.6 Å². The second-order valence-electron chi connectivity index (χ2n) is 10.5. The minimum atomic E-state index is -2.62.